The monoisotopic (exact) mass is 409 g/mol. The summed E-state index contributed by atoms with van der Waals surface area (Å²) in [5, 5.41) is 12.9. The van der Waals surface area contributed by atoms with Gasteiger partial charge in [0.2, 0.25) is 0 Å². The standard InChI is InChI=1S/C18H17Cl2N3O2S/c1-4-23(5-2)18(25)15-10(3)11(9-21)17(26-15)22-16(24)14-12(19)7-6-8-13(14)20/h6-8H,4-5H2,1-3H3,(H,22,24). The van der Waals surface area contributed by atoms with Crippen LogP contribution in [0, 0.1) is 18.3 Å². The second-order valence-electron chi connectivity index (χ2n) is 5.40. The Morgan fingerprint density at radius 3 is 2.31 bits per heavy atom. The number of carbonyl (C=O) groups is 2. The fourth-order valence-electron chi connectivity index (χ4n) is 2.47. The van der Waals surface area contributed by atoms with Gasteiger partial charge in [0.15, 0.2) is 0 Å². The van der Waals surface area contributed by atoms with Gasteiger partial charge in [-0.05, 0) is 38.5 Å². The Morgan fingerprint density at radius 2 is 1.81 bits per heavy atom. The summed E-state index contributed by atoms with van der Waals surface area (Å²) in [5.74, 6) is -0.689. The predicted octanol–water partition coefficient (Wildman–Crippen LogP) is 4.97. The maximum Gasteiger partial charge on any atom is 0.264 e. The molecule has 0 atom stereocenters. The summed E-state index contributed by atoms with van der Waals surface area (Å²) in [6.45, 7) is 6.59. The number of nitrogens with one attached hydrogen (secondary N) is 1. The summed E-state index contributed by atoms with van der Waals surface area (Å²) in [6.07, 6.45) is 0. The van der Waals surface area contributed by atoms with Crippen LogP contribution in [0.2, 0.25) is 10.0 Å². The fourth-order valence-corrected chi connectivity index (χ4v) is 4.16. The van der Waals surface area contributed by atoms with Crippen molar-refractivity contribution in [3.05, 3.63) is 49.8 Å². The number of carbonyl (C=O) groups excluding carboxylic acids is 2. The average Bonchev–Trinajstić information content (AvgIpc) is 2.91. The van der Waals surface area contributed by atoms with Gasteiger partial charge in [0.1, 0.15) is 11.1 Å². The number of nitrogens with zero attached hydrogens (tertiary/aromatic N) is 2. The molecule has 0 unspecified atom stereocenters. The summed E-state index contributed by atoms with van der Waals surface area (Å²) in [6, 6.07) is 6.81. The van der Waals surface area contributed by atoms with Gasteiger partial charge in [0, 0.05) is 13.1 Å². The molecule has 1 N–H and O–H groups in total. The first kappa shape index (κ1) is 20.2. The van der Waals surface area contributed by atoms with E-state index in [2.05, 4.69) is 11.4 Å². The van der Waals surface area contributed by atoms with Crippen molar-refractivity contribution >= 4 is 51.4 Å². The zero-order valence-electron chi connectivity index (χ0n) is 14.5. The van der Waals surface area contributed by atoms with Crippen LogP contribution in [0.5, 0.6) is 0 Å². The van der Waals surface area contributed by atoms with Crippen molar-refractivity contribution in [3.8, 4) is 6.07 Å². The van der Waals surface area contributed by atoms with Gasteiger partial charge in [0.25, 0.3) is 11.8 Å². The van der Waals surface area contributed by atoms with Crippen molar-refractivity contribution in [2.24, 2.45) is 0 Å². The number of hydrogen-bond acceptors (Lipinski definition) is 4. The van der Waals surface area contributed by atoms with E-state index in [1.807, 2.05) is 13.8 Å². The van der Waals surface area contributed by atoms with Crippen LogP contribution in [0.15, 0.2) is 18.2 Å². The lowest BCUT2D eigenvalue weighted by Crippen LogP contribution is -2.30. The van der Waals surface area contributed by atoms with Crippen molar-refractivity contribution in [2.45, 2.75) is 20.8 Å². The number of benzene rings is 1. The van der Waals surface area contributed by atoms with Crippen molar-refractivity contribution in [1.29, 1.82) is 5.26 Å². The third-order valence-corrected chi connectivity index (χ3v) is 5.75. The molecule has 0 saturated heterocycles. The summed E-state index contributed by atoms with van der Waals surface area (Å²) < 4.78 is 0. The molecule has 0 aliphatic carbocycles. The topological polar surface area (TPSA) is 73.2 Å². The quantitative estimate of drug-likeness (QED) is 0.757. The lowest BCUT2D eigenvalue weighted by molar-refractivity contribution is 0.0777. The molecule has 0 aliphatic rings. The first-order valence-corrected chi connectivity index (χ1v) is 9.50. The summed E-state index contributed by atoms with van der Waals surface area (Å²) >= 11 is 13.2. The molecule has 0 bridgehead atoms. The lowest BCUT2D eigenvalue weighted by Gasteiger charge is -2.17. The Labute approximate surface area is 166 Å². The number of halogens is 2. The molecule has 0 saturated carbocycles. The van der Waals surface area contributed by atoms with E-state index in [1.165, 1.54) is 0 Å². The smallest absolute Gasteiger partial charge is 0.264 e. The third kappa shape index (κ3) is 3.85. The van der Waals surface area contributed by atoms with E-state index in [1.54, 1.807) is 30.0 Å². The minimum atomic E-state index is -0.528. The Bertz CT molecular complexity index is 878. The fraction of sp³-hybridized carbons (Fsp3) is 0.278. The van der Waals surface area contributed by atoms with Crippen molar-refractivity contribution in [2.75, 3.05) is 18.4 Å². The van der Waals surface area contributed by atoms with Crippen LogP contribution in [0.4, 0.5) is 5.00 Å². The highest BCUT2D eigenvalue weighted by Gasteiger charge is 2.25. The highest BCUT2D eigenvalue weighted by molar-refractivity contribution is 7.18. The Morgan fingerprint density at radius 1 is 1.23 bits per heavy atom. The number of anilines is 1. The van der Waals surface area contributed by atoms with E-state index in [0.29, 0.717) is 28.5 Å². The molecule has 26 heavy (non-hydrogen) atoms. The van der Waals surface area contributed by atoms with Gasteiger partial charge in [-0.15, -0.1) is 11.3 Å². The maximum absolute atomic E-state index is 12.6. The van der Waals surface area contributed by atoms with Gasteiger partial charge < -0.3 is 10.2 Å². The maximum atomic E-state index is 12.6. The summed E-state index contributed by atoms with van der Waals surface area (Å²) in [4.78, 5) is 27.3. The molecule has 8 heteroatoms. The van der Waals surface area contributed by atoms with E-state index < -0.39 is 5.91 Å². The van der Waals surface area contributed by atoms with Crippen LogP contribution in [0.3, 0.4) is 0 Å². The molecule has 136 valence electrons. The number of hydrogen-bond donors (Lipinski definition) is 1. The van der Waals surface area contributed by atoms with Crippen LogP contribution in [0.1, 0.15) is 45.0 Å². The second kappa shape index (κ2) is 8.54. The van der Waals surface area contributed by atoms with E-state index in [9.17, 15) is 14.9 Å². The number of amides is 2. The molecule has 0 radical (unpaired) electrons. The minimum absolute atomic E-state index is 0.127. The van der Waals surface area contributed by atoms with E-state index in [-0.39, 0.29) is 27.1 Å². The molecule has 5 nitrogen and oxygen atoms in total. The van der Waals surface area contributed by atoms with Crippen molar-refractivity contribution < 1.29 is 9.59 Å². The SMILES string of the molecule is CCN(CC)C(=O)c1sc(NC(=O)c2c(Cl)cccc2Cl)c(C#N)c1C. The molecule has 1 aromatic heterocycles. The molecule has 2 aromatic rings. The van der Waals surface area contributed by atoms with Gasteiger partial charge >= 0.3 is 0 Å². The van der Waals surface area contributed by atoms with E-state index in [4.69, 9.17) is 23.2 Å². The number of thiophene rings is 1. The molecule has 0 aliphatic heterocycles. The second-order valence-corrected chi connectivity index (χ2v) is 7.24. The van der Waals surface area contributed by atoms with E-state index in [0.717, 1.165) is 11.3 Å². The largest absolute Gasteiger partial charge is 0.338 e. The van der Waals surface area contributed by atoms with Gasteiger partial charge in [-0.2, -0.15) is 5.26 Å². The van der Waals surface area contributed by atoms with Gasteiger partial charge in [-0.3, -0.25) is 9.59 Å². The van der Waals surface area contributed by atoms with Crippen molar-refractivity contribution in [1.82, 2.24) is 4.90 Å². The Hall–Kier alpha value is -2.07. The third-order valence-electron chi connectivity index (χ3n) is 3.92. The first-order chi connectivity index (χ1) is 12.3. The summed E-state index contributed by atoms with van der Waals surface area (Å²) in [7, 11) is 0. The molecule has 0 spiro atoms. The van der Waals surface area contributed by atoms with Crippen molar-refractivity contribution in [3.63, 3.8) is 0 Å². The molecule has 2 rings (SSSR count). The van der Waals surface area contributed by atoms with Gasteiger partial charge in [-0.25, -0.2) is 0 Å². The Kier molecular flexibility index (Phi) is 6.65. The minimum Gasteiger partial charge on any atom is -0.338 e. The van der Waals surface area contributed by atoms with Crippen LogP contribution < -0.4 is 5.32 Å². The number of rotatable bonds is 5. The molecule has 2 amide bonds. The molecular weight excluding hydrogens is 393 g/mol. The summed E-state index contributed by atoms with van der Waals surface area (Å²) in [5.41, 5.74) is 0.944. The normalized spacial score (nSPS) is 10.3. The van der Waals surface area contributed by atoms with Crippen LogP contribution in [0.25, 0.3) is 0 Å². The zero-order chi connectivity index (χ0) is 19.4. The molecule has 0 fully saturated rings. The van der Waals surface area contributed by atoms with E-state index >= 15 is 0 Å². The lowest BCUT2D eigenvalue weighted by atomic mass is 10.1. The zero-order valence-corrected chi connectivity index (χ0v) is 16.8. The molecule has 1 heterocycles. The average molecular weight is 410 g/mol. The van der Waals surface area contributed by atoms with Gasteiger partial charge in [-0.1, -0.05) is 29.3 Å². The highest BCUT2D eigenvalue weighted by atomic mass is 35.5. The van der Waals surface area contributed by atoms with Crippen LogP contribution in [-0.4, -0.2) is 29.8 Å². The highest BCUT2D eigenvalue weighted by Crippen LogP contribution is 2.34. The first-order valence-electron chi connectivity index (χ1n) is 7.93. The predicted molar refractivity (Wildman–Crippen MR) is 105 cm³/mol. The van der Waals surface area contributed by atoms with Gasteiger partial charge in [0.05, 0.1) is 26.0 Å². The molecular formula is C18H17Cl2N3O2S. The Balaban J connectivity index is 2.42. The van der Waals surface area contributed by atoms with Crippen LogP contribution >= 0.6 is 34.5 Å². The molecule has 1 aromatic carbocycles. The number of nitriles is 1. The van der Waals surface area contributed by atoms with Crippen LogP contribution in [-0.2, 0) is 0 Å².